The lowest BCUT2D eigenvalue weighted by Gasteiger charge is -2.14. The summed E-state index contributed by atoms with van der Waals surface area (Å²) in [7, 11) is 0. The predicted molar refractivity (Wildman–Crippen MR) is 68.0 cm³/mol. The molecule has 0 fully saturated rings. The number of aromatic nitrogens is 2. The second-order valence-electron chi connectivity index (χ2n) is 3.66. The van der Waals surface area contributed by atoms with Gasteiger partial charge in [0, 0.05) is 22.9 Å². The molecule has 3 nitrogen and oxygen atoms in total. The molecule has 0 aliphatic rings. The van der Waals surface area contributed by atoms with Crippen LogP contribution in [-0.4, -0.2) is 9.97 Å². The number of rotatable bonds is 4. The summed E-state index contributed by atoms with van der Waals surface area (Å²) in [5, 5.41) is 3.42. The van der Waals surface area contributed by atoms with Crippen molar-refractivity contribution in [2.24, 2.45) is 0 Å². The van der Waals surface area contributed by atoms with Gasteiger partial charge in [0.15, 0.2) is 0 Å². The van der Waals surface area contributed by atoms with Crippen LogP contribution in [0.3, 0.4) is 0 Å². The summed E-state index contributed by atoms with van der Waals surface area (Å²) < 4.78 is 1.13. The molecule has 0 saturated carbocycles. The van der Waals surface area contributed by atoms with E-state index in [1.54, 1.807) is 6.20 Å². The molecule has 1 aromatic carbocycles. The van der Waals surface area contributed by atoms with E-state index in [1.165, 1.54) is 5.56 Å². The fraction of sp³-hybridized carbons (Fsp3) is 0.250. The highest BCUT2D eigenvalue weighted by Crippen LogP contribution is 2.22. The van der Waals surface area contributed by atoms with Gasteiger partial charge in [-0.25, -0.2) is 4.98 Å². The summed E-state index contributed by atoms with van der Waals surface area (Å²) in [5.74, 6) is 0.957. The minimum Gasteiger partial charge on any atom is -0.348 e. The third-order valence-electron chi connectivity index (χ3n) is 2.50. The Bertz CT molecular complexity index is 439. The summed E-state index contributed by atoms with van der Waals surface area (Å²) >= 11 is 3.55. The average molecular weight is 280 g/mol. The van der Waals surface area contributed by atoms with Crippen molar-refractivity contribution in [2.75, 3.05) is 0 Å². The van der Waals surface area contributed by atoms with Crippen molar-refractivity contribution in [3.63, 3.8) is 0 Å². The van der Waals surface area contributed by atoms with E-state index in [2.05, 4.69) is 50.3 Å². The van der Waals surface area contributed by atoms with Gasteiger partial charge >= 0.3 is 0 Å². The minimum absolute atomic E-state index is 0.292. The fourth-order valence-electron chi connectivity index (χ4n) is 1.58. The molecule has 0 saturated heterocycles. The summed E-state index contributed by atoms with van der Waals surface area (Å²) in [6.45, 7) is 2.89. The van der Waals surface area contributed by atoms with Crippen LogP contribution in [0, 0.1) is 0 Å². The highest BCUT2D eigenvalue weighted by molar-refractivity contribution is 9.10. The Hall–Kier alpha value is -1.13. The van der Waals surface area contributed by atoms with Crippen molar-refractivity contribution in [3.05, 3.63) is 52.5 Å². The number of halogens is 1. The van der Waals surface area contributed by atoms with Gasteiger partial charge in [-0.15, -0.1) is 0 Å². The molecule has 16 heavy (non-hydrogen) atoms. The molecular weight excluding hydrogens is 266 g/mol. The van der Waals surface area contributed by atoms with Crippen LogP contribution < -0.4 is 5.32 Å². The number of hydrogen-bond donors (Lipinski definition) is 2. The van der Waals surface area contributed by atoms with Gasteiger partial charge in [-0.1, -0.05) is 34.1 Å². The molecule has 0 aliphatic heterocycles. The van der Waals surface area contributed by atoms with Crippen LogP contribution in [0.5, 0.6) is 0 Å². The molecule has 1 atom stereocenters. The van der Waals surface area contributed by atoms with Gasteiger partial charge in [-0.3, -0.25) is 0 Å². The summed E-state index contributed by atoms with van der Waals surface area (Å²) in [6.07, 6.45) is 3.60. The van der Waals surface area contributed by atoms with Gasteiger partial charge in [-0.05, 0) is 18.6 Å². The fourth-order valence-corrected chi connectivity index (χ4v) is 2.21. The number of H-pyrrole nitrogens is 1. The zero-order valence-electron chi connectivity index (χ0n) is 9.07. The van der Waals surface area contributed by atoms with E-state index in [4.69, 9.17) is 0 Å². The molecule has 2 aromatic rings. The number of nitrogens with zero attached hydrogens (tertiary/aromatic N) is 1. The van der Waals surface area contributed by atoms with Gasteiger partial charge in [-0.2, -0.15) is 0 Å². The number of benzene rings is 1. The second kappa shape index (κ2) is 5.27. The van der Waals surface area contributed by atoms with Crippen LogP contribution in [-0.2, 0) is 6.54 Å². The van der Waals surface area contributed by atoms with Gasteiger partial charge < -0.3 is 10.3 Å². The monoisotopic (exact) mass is 279 g/mol. The Morgan fingerprint density at radius 3 is 2.94 bits per heavy atom. The second-order valence-corrected chi connectivity index (χ2v) is 4.51. The number of nitrogens with one attached hydrogen (secondary N) is 2. The molecule has 84 valence electrons. The van der Waals surface area contributed by atoms with Crippen molar-refractivity contribution in [3.8, 4) is 0 Å². The highest BCUT2D eigenvalue weighted by Gasteiger charge is 2.08. The maximum absolute atomic E-state index is 4.17. The molecule has 0 bridgehead atoms. The standard InChI is InChI=1S/C12H14BrN3/c1-9(10-4-2-3-5-11(10)13)16-8-12-14-6-7-15-12/h2-7,9,16H,8H2,1H3,(H,14,15)/t9-/m0/s1. The molecular formula is C12H14BrN3. The van der Waals surface area contributed by atoms with E-state index in [9.17, 15) is 0 Å². The van der Waals surface area contributed by atoms with E-state index in [-0.39, 0.29) is 0 Å². The van der Waals surface area contributed by atoms with Crippen molar-refractivity contribution in [1.29, 1.82) is 0 Å². The Morgan fingerprint density at radius 1 is 1.44 bits per heavy atom. The Kier molecular flexibility index (Phi) is 3.74. The largest absolute Gasteiger partial charge is 0.348 e. The van der Waals surface area contributed by atoms with E-state index >= 15 is 0 Å². The highest BCUT2D eigenvalue weighted by atomic mass is 79.9. The molecule has 0 radical (unpaired) electrons. The van der Waals surface area contributed by atoms with Crippen LogP contribution in [0.1, 0.15) is 24.4 Å². The number of hydrogen-bond acceptors (Lipinski definition) is 2. The molecule has 2 rings (SSSR count). The van der Waals surface area contributed by atoms with E-state index < -0.39 is 0 Å². The molecule has 0 aliphatic carbocycles. The Balaban J connectivity index is 1.98. The first-order valence-corrected chi connectivity index (χ1v) is 6.02. The molecule has 1 heterocycles. The lowest BCUT2D eigenvalue weighted by atomic mass is 10.1. The van der Waals surface area contributed by atoms with E-state index in [0.717, 1.165) is 16.8 Å². The van der Waals surface area contributed by atoms with Crippen LogP contribution in [0.2, 0.25) is 0 Å². The zero-order valence-corrected chi connectivity index (χ0v) is 10.7. The van der Waals surface area contributed by atoms with Crippen LogP contribution in [0.4, 0.5) is 0 Å². The predicted octanol–water partition coefficient (Wildman–Crippen LogP) is 3.02. The molecule has 1 aromatic heterocycles. The third kappa shape index (κ3) is 2.71. The average Bonchev–Trinajstić information content (AvgIpc) is 2.79. The van der Waals surface area contributed by atoms with Crippen LogP contribution >= 0.6 is 15.9 Å². The zero-order chi connectivity index (χ0) is 11.4. The van der Waals surface area contributed by atoms with Gasteiger partial charge in [0.2, 0.25) is 0 Å². The smallest absolute Gasteiger partial charge is 0.120 e. The molecule has 2 N–H and O–H groups in total. The van der Waals surface area contributed by atoms with Gasteiger partial charge in [0.05, 0.1) is 6.54 Å². The first kappa shape index (κ1) is 11.4. The van der Waals surface area contributed by atoms with Crippen molar-refractivity contribution in [1.82, 2.24) is 15.3 Å². The molecule has 4 heteroatoms. The summed E-state index contributed by atoms with van der Waals surface area (Å²) in [5.41, 5.74) is 1.26. The third-order valence-corrected chi connectivity index (χ3v) is 3.22. The molecule has 0 unspecified atom stereocenters. The Morgan fingerprint density at radius 2 is 2.25 bits per heavy atom. The lowest BCUT2D eigenvalue weighted by Crippen LogP contribution is -2.19. The number of aromatic amines is 1. The first-order valence-electron chi connectivity index (χ1n) is 5.23. The summed E-state index contributed by atoms with van der Waals surface area (Å²) in [4.78, 5) is 7.25. The number of imidazole rings is 1. The van der Waals surface area contributed by atoms with E-state index in [0.29, 0.717) is 6.04 Å². The lowest BCUT2D eigenvalue weighted by molar-refractivity contribution is 0.560. The van der Waals surface area contributed by atoms with Crippen molar-refractivity contribution >= 4 is 15.9 Å². The minimum atomic E-state index is 0.292. The molecule has 0 amide bonds. The van der Waals surface area contributed by atoms with Crippen LogP contribution in [0.15, 0.2) is 41.1 Å². The normalized spacial score (nSPS) is 12.6. The topological polar surface area (TPSA) is 40.7 Å². The first-order chi connectivity index (χ1) is 7.77. The maximum Gasteiger partial charge on any atom is 0.120 e. The van der Waals surface area contributed by atoms with Crippen molar-refractivity contribution < 1.29 is 0 Å². The van der Waals surface area contributed by atoms with Crippen LogP contribution in [0.25, 0.3) is 0 Å². The quantitative estimate of drug-likeness (QED) is 0.903. The maximum atomic E-state index is 4.17. The van der Waals surface area contributed by atoms with Crippen molar-refractivity contribution in [2.45, 2.75) is 19.5 Å². The summed E-state index contributed by atoms with van der Waals surface area (Å²) in [6, 6.07) is 8.53. The molecule has 0 spiro atoms. The SMILES string of the molecule is C[C@H](NCc1ncc[nH]1)c1ccccc1Br. The van der Waals surface area contributed by atoms with E-state index in [1.807, 2.05) is 18.3 Å². The Labute approximate surface area is 103 Å². The van der Waals surface area contributed by atoms with Gasteiger partial charge in [0.25, 0.3) is 0 Å². The van der Waals surface area contributed by atoms with Gasteiger partial charge in [0.1, 0.15) is 5.82 Å².